The van der Waals surface area contributed by atoms with Gasteiger partial charge in [-0.25, -0.2) is 9.78 Å². The van der Waals surface area contributed by atoms with Gasteiger partial charge in [0.05, 0.1) is 12.1 Å². The van der Waals surface area contributed by atoms with E-state index in [1.54, 1.807) is 18.2 Å². The van der Waals surface area contributed by atoms with Crippen molar-refractivity contribution in [2.45, 2.75) is 13.1 Å². The lowest BCUT2D eigenvalue weighted by Crippen LogP contribution is -2.18. The van der Waals surface area contributed by atoms with Crippen LogP contribution in [0.15, 0.2) is 28.7 Å². The van der Waals surface area contributed by atoms with Crippen molar-refractivity contribution >= 4 is 32.8 Å². The first-order chi connectivity index (χ1) is 9.36. The number of hydrogen-bond donors (Lipinski definition) is 0. The number of halogens is 4. The van der Waals surface area contributed by atoms with Crippen LogP contribution in [0.2, 0.25) is 0 Å². The summed E-state index contributed by atoms with van der Waals surface area (Å²) in [6.07, 6.45) is -4.74. The first kappa shape index (κ1) is 14.8. The van der Waals surface area contributed by atoms with E-state index in [2.05, 4.69) is 25.7 Å². The minimum absolute atomic E-state index is 0.0185. The van der Waals surface area contributed by atoms with Gasteiger partial charge in [0.15, 0.2) is 5.69 Å². The summed E-state index contributed by atoms with van der Waals surface area (Å²) in [7, 11) is 0. The molecule has 1 heterocycles. The van der Waals surface area contributed by atoms with Crippen LogP contribution < -0.4 is 0 Å². The molecule has 2 aromatic rings. The van der Waals surface area contributed by atoms with Crippen LogP contribution in [0.3, 0.4) is 0 Å². The third-order valence-corrected chi connectivity index (χ3v) is 3.40. The van der Waals surface area contributed by atoms with E-state index in [0.29, 0.717) is 5.39 Å². The van der Waals surface area contributed by atoms with Gasteiger partial charge in [0, 0.05) is 9.86 Å². The second-order valence-corrected chi connectivity index (χ2v) is 4.68. The number of aromatic nitrogens is 1. The highest BCUT2D eigenvalue weighted by Gasteiger charge is 2.39. The minimum atomic E-state index is -4.74. The third kappa shape index (κ3) is 2.63. The molecule has 3 nitrogen and oxygen atoms in total. The molecule has 0 aliphatic rings. The molecule has 0 saturated heterocycles. The fourth-order valence-corrected chi connectivity index (χ4v) is 2.45. The summed E-state index contributed by atoms with van der Waals surface area (Å²) in [6.45, 7) is 1.50. The summed E-state index contributed by atoms with van der Waals surface area (Å²) in [4.78, 5) is 15.3. The zero-order valence-corrected chi connectivity index (χ0v) is 11.9. The molecule has 0 aliphatic carbocycles. The Morgan fingerprint density at radius 1 is 1.35 bits per heavy atom. The fourth-order valence-electron chi connectivity index (χ4n) is 1.77. The van der Waals surface area contributed by atoms with Gasteiger partial charge in [0.2, 0.25) is 0 Å². The van der Waals surface area contributed by atoms with Gasteiger partial charge < -0.3 is 4.74 Å². The van der Waals surface area contributed by atoms with E-state index in [9.17, 15) is 18.0 Å². The molecule has 20 heavy (non-hydrogen) atoms. The molecule has 0 N–H and O–H groups in total. The van der Waals surface area contributed by atoms with Gasteiger partial charge in [-0.1, -0.05) is 18.2 Å². The van der Waals surface area contributed by atoms with Crippen LogP contribution in [0.5, 0.6) is 0 Å². The molecule has 0 bridgehead atoms. The van der Waals surface area contributed by atoms with Crippen molar-refractivity contribution in [2.24, 2.45) is 0 Å². The predicted octanol–water partition coefficient (Wildman–Crippen LogP) is 4.19. The van der Waals surface area contributed by atoms with E-state index in [0.717, 1.165) is 0 Å². The van der Waals surface area contributed by atoms with E-state index in [4.69, 9.17) is 0 Å². The Hall–Kier alpha value is -1.63. The SMILES string of the molecule is CCOC(=O)c1c(C(F)(F)F)nc2ccccc2c1Br. The molecule has 106 valence electrons. The topological polar surface area (TPSA) is 39.2 Å². The number of para-hydroxylation sites is 1. The smallest absolute Gasteiger partial charge is 0.434 e. The van der Waals surface area contributed by atoms with Gasteiger partial charge >= 0.3 is 12.1 Å². The number of fused-ring (bicyclic) bond motifs is 1. The summed E-state index contributed by atoms with van der Waals surface area (Å²) >= 11 is 3.05. The maximum absolute atomic E-state index is 13.1. The van der Waals surface area contributed by atoms with Crippen molar-refractivity contribution in [3.63, 3.8) is 0 Å². The predicted molar refractivity (Wildman–Crippen MR) is 70.4 cm³/mol. The summed E-state index contributed by atoms with van der Waals surface area (Å²) in [5.74, 6) is -1.05. The second kappa shape index (κ2) is 5.40. The molecule has 0 radical (unpaired) electrons. The lowest BCUT2D eigenvalue weighted by molar-refractivity contribution is -0.141. The zero-order valence-electron chi connectivity index (χ0n) is 10.3. The number of ether oxygens (including phenoxy) is 1. The molecule has 0 amide bonds. The van der Waals surface area contributed by atoms with Crippen molar-refractivity contribution in [1.82, 2.24) is 4.98 Å². The normalized spacial score (nSPS) is 11.7. The van der Waals surface area contributed by atoms with Crippen LogP contribution in [0.25, 0.3) is 10.9 Å². The van der Waals surface area contributed by atoms with Crippen LogP contribution in [0.4, 0.5) is 13.2 Å². The number of alkyl halides is 3. The lowest BCUT2D eigenvalue weighted by Gasteiger charge is -2.14. The minimum Gasteiger partial charge on any atom is -0.462 e. The highest BCUT2D eigenvalue weighted by molar-refractivity contribution is 9.10. The van der Waals surface area contributed by atoms with Crippen molar-refractivity contribution in [3.8, 4) is 0 Å². The van der Waals surface area contributed by atoms with E-state index in [-0.39, 0.29) is 16.6 Å². The Labute approximate surface area is 120 Å². The van der Waals surface area contributed by atoms with Crippen molar-refractivity contribution in [1.29, 1.82) is 0 Å². The quantitative estimate of drug-likeness (QED) is 0.764. The Morgan fingerprint density at radius 3 is 2.60 bits per heavy atom. The van der Waals surface area contributed by atoms with E-state index >= 15 is 0 Å². The molecular formula is C13H9BrF3NO2. The van der Waals surface area contributed by atoms with E-state index in [1.807, 2.05) is 0 Å². The number of esters is 1. The van der Waals surface area contributed by atoms with Crippen LogP contribution in [-0.4, -0.2) is 17.6 Å². The third-order valence-electron chi connectivity index (χ3n) is 2.58. The first-order valence-electron chi connectivity index (χ1n) is 5.68. The Kier molecular flexibility index (Phi) is 3.99. The van der Waals surface area contributed by atoms with Gasteiger partial charge in [0.1, 0.15) is 5.56 Å². The molecule has 0 spiro atoms. The molecular weight excluding hydrogens is 339 g/mol. The van der Waals surface area contributed by atoms with E-state index < -0.39 is 23.4 Å². The number of carbonyl (C=O) groups is 1. The van der Waals surface area contributed by atoms with Gasteiger partial charge in [0.25, 0.3) is 0 Å². The Balaban J connectivity index is 2.80. The number of carbonyl (C=O) groups excluding carboxylic acids is 1. The fraction of sp³-hybridized carbons (Fsp3) is 0.231. The standard InChI is InChI=1S/C13H9BrF3NO2/c1-2-20-12(19)9-10(14)7-5-3-4-6-8(7)18-11(9)13(15,16)17/h3-6H,2H2,1H3. The van der Waals surface area contributed by atoms with Crippen LogP contribution >= 0.6 is 15.9 Å². The summed E-state index contributed by atoms with van der Waals surface area (Å²) in [5.41, 5.74) is -1.70. The molecule has 1 aromatic heterocycles. The Morgan fingerprint density at radius 2 is 2.00 bits per heavy atom. The molecule has 1 aromatic carbocycles. The zero-order chi connectivity index (χ0) is 14.9. The molecule has 7 heteroatoms. The molecule has 0 aliphatic heterocycles. The number of nitrogens with zero attached hydrogens (tertiary/aromatic N) is 1. The van der Waals surface area contributed by atoms with Gasteiger partial charge in [-0.05, 0) is 28.9 Å². The molecule has 0 atom stereocenters. The monoisotopic (exact) mass is 347 g/mol. The maximum atomic E-state index is 13.1. The van der Waals surface area contributed by atoms with Crippen LogP contribution in [-0.2, 0) is 10.9 Å². The van der Waals surface area contributed by atoms with E-state index in [1.165, 1.54) is 13.0 Å². The van der Waals surface area contributed by atoms with Gasteiger partial charge in [-0.2, -0.15) is 13.2 Å². The average Bonchev–Trinajstić information content (AvgIpc) is 2.37. The van der Waals surface area contributed by atoms with Gasteiger partial charge in [-0.3, -0.25) is 0 Å². The lowest BCUT2D eigenvalue weighted by atomic mass is 10.1. The van der Waals surface area contributed by atoms with Crippen LogP contribution in [0, 0.1) is 0 Å². The number of rotatable bonds is 2. The van der Waals surface area contributed by atoms with Crippen LogP contribution in [0.1, 0.15) is 23.0 Å². The largest absolute Gasteiger partial charge is 0.462 e. The van der Waals surface area contributed by atoms with Crippen molar-refractivity contribution in [2.75, 3.05) is 6.61 Å². The molecule has 0 unspecified atom stereocenters. The average molecular weight is 348 g/mol. The number of hydrogen-bond acceptors (Lipinski definition) is 3. The first-order valence-corrected chi connectivity index (χ1v) is 6.48. The number of pyridine rings is 1. The summed E-state index contributed by atoms with van der Waals surface area (Å²) in [6, 6.07) is 6.25. The van der Waals surface area contributed by atoms with Gasteiger partial charge in [-0.15, -0.1) is 0 Å². The maximum Gasteiger partial charge on any atom is 0.434 e. The molecule has 0 saturated carbocycles. The highest BCUT2D eigenvalue weighted by atomic mass is 79.9. The van der Waals surface area contributed by atoms with Crippen molar-refractivity contribution < 1.29 is 22.7 Å². The Bertz CT molecular complexity index is 670. The van der Waals surface area contributed by atoms with Crippen molar-refractivity contribution in [3.05, 3.63) is 40.0 Å². The highest BCUT2D eigenvalue weighted by Crippen LogP contribution is 2.37. The molecule has 0 fully saturated rings. The summed E-state index contributed by atoms with van der Waals surface area (Å²) in [5, 5.41) is 0.420. The second-order valence-electron chi connectivity index (χ2n) is 3.88. The number of benzene rings is 1. The molecule has 2 rings (SSSR count). The summed E-state index contributed by atoms with van der Waals surface area (Å²) < 4.78 is 43.9.